The van der Waals surface area contributed by atoms with Crippen LogP contribution in [0.3, 0.4) is 0 Å². The van der Waals surface area contributed by atoms with Crippen LogP contribution >= 0.6 is 11.6 Å². The number of nitrogens with two attached hydrogens (primary N) is 1. The van der Waals surface area contributed by atoms with Crippen LogP contribution in [0.2, 0.25) is 5.02 Å². The van der Waals surface area contributed by atoms with E-state index in [2.05, 4.69) is 27.0 Å². The number of nitrogens with zero attached hydrogens (tertiary/aromatic N) is 3. The maximum absolute atomic E-state index is 12.5. The Labute approximate surface area is 185 Å². The van der Waals surface area contributed by atoms with Crippen LogP contribution < -0.4 is 16.1 Å². The molecule has 3 N–H and O–H groups in total. The minimum absolute atomic E-state index is 0.245. The molecule has 31 heavy (non-hydrogen) atoms. The predicted molar refractivity (Wildman–Crippen MR) is 126 cm³/mol. The number of nitrogens with one attached hydrogen (secondary N) is 1. The first-order valence-electron chi connectivity index (χ1n) is 10.1. The Morgan fingerprint density at radius 1 is 1.19 bits per heavy atom. The van der Waals surface area contributed by atoms with Crippen LogP contribution in [0.4, 0.5) is 5.69 Å². The van der Waals surface area contributed by atoms with Crippen molar-refractivity contribution in [2.24, 2.45) is 15.9 Å². The zero-order valence-electron chi connectivity index (χ0n) is 17.2. The van der Waals surface area contributed by atoms with Crippen molar-refractivity contribution in [3.8, 4) is 5.75 Å². The summed E-state index contributed by atoms with van der Waals surface area (Å²) in [6.45, 7) is 2.10. The van der Waals surface area contributed by atoms with E-state index >= 15 is 0 Å². The molecule has 2 heterocycles. The van der Waals surface area contributed by atoms with Gasteiger partial charge in [0.2, 0.25) is 0 Å². The summed E-state index contributed by atoms with van der Waals surface area (Å²) in [5, 5.41) is 5.11. The number of H-pyrrole nitrogens is 1. The van der Waals surface area contributed by atoms with Crippen molar-refractivity contribution >= 4 is 40.1 Å². The van der Waals surface area contributed by atoms with Crippen molar-refractivity contribution in [2.75, 3.05) is 20.1 Å². The van der Waals surface area contributed by atoms with Crippen molar-refractivity contribution < 1.29 is 4.74 Å². The highest BCUT2D eigenvalue weighted by Crippen LogP contribution is 2.22. The lowest BCUT2D eigenvalue weighted by Crippen LogP contribution is -2.35. The van der Waals surface area contributed by atoms with Crippen LogP contribution in [0.5, 0.6) is 5.75 Å². The molecule has 0 radical (unpaired) electrons. The average molecular weight is 438 g/mol. The number of pyridine rings is 1. The Kier molecular flexibility index (Phi) is 6.34. The van der Waals surface area contributed by atoms with Crippen LogP contribution in [-0.4, -0.2) is 48.1 Å². The summed E-state index contributed by atoms with van der Waals surface area (Å²) >= 11 is 6.06. The number of likely N-dealkylation sites (tertiary alicyclic amines) is 1. The van der Waals surface area contributed by atoms with E-state index in [1.54, 1.807) is 24.3 Å². The molecule has 4 rings (SSSR count). The normalized spacial score (nSPS) is 16.3. The fourth-order valence-electron chi connectivity index (χ4n) is 3.58. The molecular weight excluding hydrogens is 414 g/mol. The Balaban J connectivity index is 1.49. The summed E-state index contributed by atoms with van der Waals surface area (Å²) in [4.78, 5) is 22.0. The van der Waals surface area contributed by atoms with Crippen molar-refractivity contribution in [1.29, 1.82) is 0 Å². The number of ether oxygens (including phenoxy) is 1. The third kappa shape index (κ3) is 5.13. The number of hydrazone groups is 1. The number of hydrogen-bond donors (Lipinski definition) is 2. The van der Waals surface area contributed by atoms with E-state index in [9.17, 15) is 4.79 Å². The number of rotatable bonds is 5. The van der Waals surface area contributed by atoms with Gasteiger partial charge >= 0.3 is 0 Å². The number of piperidine rings is 1. The molecule has 0 spiro atoms. The Hall–Kier alpha value is -3.16. The van der Waals surface area contributed by atoms with Crippen molar-refractivity contribution in [1.82, 2.24) is 9.88 Å². The van der Waals surface area contributed by atoms with Gasteiger partial charge in [-0.1, -0.05) is 11.6 Å². The summed E-state index contributed by atoms with van der Waals surface area (Å²) in [5.41, 5.74) is 1.69. The SMILES string of the molecule is CN1CCC(Oc2ccc(N=CC(=NN)c3cc4cc(Cl)ccc4[nH]c3=O)cc2)CC1. The topological polar surface area (TPSA) is 96.1 Å². The minimum Gasteiger partial charge on any atom is -0.490 e. The molecule has 1 aliphatic rings. The molecule has 2 aromatic carbocycles. The molecule has 0 atom stereocenters. The standard InChI is InChI=1S/C23H24ClN5O2/c1-29-10-8-19(9-11-29)31-18-5-3-17(4-6-18)26-14-22(28-25)20-13-15-12-16(24)2-7-21(15)27-23(20)30/h2-7,12-14,19H,8-11,25H2,1H3,(H,27,30). The molecule has 0 saturated carbocycles. The molecule has 160 valence electrons. The van der Waals surface area contributed by atoms with Gasteiger partial charge in [-0.3, -0.25) is 9.79 Å². The van der Waals surface area contributed by atoms with E-state index in [0.717, 1.165) is 37.1 Å². The predicted octanol–water partition coefficient (Wildman–Crippen LogP) is 3.72. The third-order valence-electron chi connectivity index (χ3n) is 5.36. The van der Waals surface area contributed by atoms with Crippen LogP contribution in [0, 0.1) is 0 Å². The van der Waals surface area contributed by atoms with E-state index in [4.69, 9.17) is 22.2 Å². The van der Waals surface area contributed by atoms with E-state index in [0.29, 0.717) is 21.8 Å². The van der Waals surface area contributed by atoms with Crippen molar-refractivity contribution in [3.05, 3.63) is 69.5 Å². The summed E-state index contributed by atoms with van der Waals surface area (Å²) in [6, 6.07) is 14.5. The molecule has 8 heteroatoms. The van der Waals surface area contributed by atoms with Gasteiger partial charge < -0.3 is 20.5 Å². The Morgan fingerprint density at radius 2 is 1.94 bits per heavy atom. The molecule has 1 fully saturated rings. The second-order valence-corrected chi connectivity index (χ2v) is 8.07. The summed E-state index contributed by atoms with van der Waals surface area (Å²) in [5.74, 6) is 6.37. The minimum atomic E-state index is -0.299. The van der Waals surface area contributed by atoms with Gasteiger partial charge in [0, 0.05) is 29.0 Å². The summed E-state index contributed by atoms with van der Waals surface area (Å²) < 4.78 is 6.06. The molecule has 7 nitrogen and oxygen atoms in total. The molecule has 1 aromatic heterocycles. The molecule has 3 aromatic rings. The van der Waals surface area contributed by atoms with Gasteiger partial charge in [0.1, 0.15) is 17.6 Å². The highest BCUT2D eigenvalue weighted by Gasteiger charge is 2.17. The zero-order chi connectivity index (χ0) is 21.8. The van der Waals surface area contributed by atoms with E-state index < -0.39 is 0 Å². The molecular formula is C23H24ClN5O2. The third-order valence-corrected chi connectivity index (χ3v) is 5.60. The largest absolute Gasteiger partial charge is 0.490 e. The van der Waals surface area contributed by atoms with Gasteiger partial charge in [-0.2, -0.15) is 5.10 Å². The number of halogens is 1. The lowest BCUT2D eigenvalue weighted by molar-refractivity contribution is 0.114. The lowest BCUT2D eigenvalue weighted by atomic mass is 10.1. The maximum Gasteiger partial charge on any atom is 0.258 e. The van der Waals surface area contributed by atoms with Gasteiger partial charge in [0.05, 0.1) is 17.5 Å². The molecule has 1 saturated heterocycles. The van der Waals surface area contributed by atoms with Crippen molar-refractivity contribution in [2.45, 2.75) is 18.9 Å². The maximum atomic E-state index is 12.5. The van der Waals surface area contributed by atoms with Gasteiger partial charge in [0.25, 0.3) is 5.56 Å². The summed E-state index contributed by atoms with van der Waals surface area (Å²) in [6.07, 6.45) is 3.78. The fraction of sp³-hybridized carbons (Fsp3) is 0.261. The van der Waals surface area contributed by atoms with Gasteiger partial charge in [-0.25, -0.2) is 0 Å². The highest BCUT2D eigenvalue weighted by atomic mass is 35.5. The quantitative estimate of drug-likeness (QED) is 0.361. The molecule has 1 aliphatic heterocycles. The first kappa shape index (κ1) is 21.1. The number of aliphatic imine (C=N–C) groups is 1. The number of hydrogen-bond acceptors (Lipinski definition) is 6. The number of aromatic amines is 1. The Morgan fingerprint density at radius 3 is 2.65 bits per heavy atom. The van der Waals surface area contributed by atoms with Gasteiger partial charge in [-0.05, 0) is 68.4 Å². The number of aromatic nitrogens is 1. The van der Waals surface area contributed by atoms with E-state index in [1.165, 1.54) is 6.21 Å². The first-order chi connectivity index (χ1) is 15.0. The van der Waals surface area contributed by atoms with Crippen LogP contribution in [0.1, 0.15) is 18.4 Å². The smallest absolute Gasteiger partial charge is 0.258 e. The molecule has 0 bridgehead atoms. The van der Waals surface area contributed by atoms with Gasteiger partial charge in [-0.15, -0.1) is 0 Å². The van der Waals surface area contributed by atoms with Crippen LogP contribution in [0.15, 0.2) is 63.4 Å². The molecule has 0 amide bonds. The molecule has 0 unspecified atom stereocenters. The van der Waals surface area contributed by atoms with Crippen LogP contribution in [0.25, 0.3) is 10.9 Å². The monoisotopic (exact) mass is 437 g/mol. The number of benzene rings is 2. The van der Waals surface area contributed by atoms with Gasteiger partial charge in [0.15, 0.2) is 0 Å². The highest BCUT2D eigenvalue weighted by molar-refractivity contribution is 6.38. The average Bonchev–Trinajstić information content (AvgIpc) is 2.77. The molecule has 0 aliphatic carbocycles. The van der Waals surface area contributed by atoms with Crippen molar-refractivity contribution in [3.63, 3.8) is 0 Å². The number of fused-ring (bicyclic) bond motifs is 1. The Bertz CT molecular complexity index is 1180. The first-order valence-corrected chi connectivity index (χ1v) is 10.5. The zero-order valence-corrected chi connectivity index (χ0v) is 18.0. The van der Waals surface area contributed by atoms with Crippen LogP contribution in [-0.2, 0) is 0 Å². The lowest BCUT2D eigenvalue weighted by Gasteiger charge is -2.29. The fourth-order valence-corrected chi connectivity index (χ4v) is 3.76. The van der Waals surface area contributed by atoms with E-state index in [-0.39, 0.29) is 17.4 Å². The van der Waals surface area contributed by atoms with E-state index in [1.807, 2.05) is 24.3 Å². The second-order valence-electron chi connectivity index (χ2n) is 7.63. The summed E-state index contributed by atoms with van der Waals surface area (Å²) in [7, 11) is 2.13. The second kappa shape index (κ2) is 9.32.